The fourth-order valence-corrected chi connectivity index (χ4v) is 3.29. The Balaban J connectivity index is 2.58. The molecule has 0 saturated carbocycles. The van der Waals surface area contributed by atoms with Gasteiger partial charge in [0.05, 0.1) is 11.4 Å². The predicted octanol–water partition coefficient (Wildman–Crippen LogP) is 1.11. The number of hydrogen-bond donors (Lipinski definition) is 2. The van der Waals surface area contributed by atoms with Crippen molar-refractivity contribution >= 4 is 26.5 Å². The van der Waals surface area contributed by atoms with Crippen LogP contribution >= 0.6 is 11.3 Å². The second-order valence-electron chi connectivity index (χ2n) is 3.54. The molecule has 0 bridgehead atoms. The zero-order valence-corrected chi connectivity index (χ0v) is 11.3. The van der Waals surface area contributed by atoms with Gasteiger partial charge in [-0.3, -0.25) is 4.72 Å². The SMILES string of the molecule is CNCCCS(=O)(=O)Nc1nc(C)c(C)s1. The lowest BCUT2D eigenvalue weighted by molar-refractivity contribution is 0.597. The molecule has 0 aliphatic carbocycles. The van der Waals surface area contributed by atoms with E-state index < -0.39 is 10.0 Å². The predicted molar refractivity (Wildman–Crippen MR) is 67.5 cm³/mol. The number of rotatable bonds is 6. The average molecular weight is 263 g/mol. The van der Waals surface area contributed by atoms with Crippen molar-refractivity contribution in [3.8, 4) is 0 Å². The summed E-state index contributed by atoms with van der Waals surface area (Å²) in [5.74, 6) is 0.117. The summed E-state index contributed by atoms with van der Waals surface area (Å²) < 4.78 is 25.7. The summed E-state index contributed by atoms with van der Waals surface area (Å²) in [7, 11) is -1.45. The molecule has 5 nitrogen and oxygen atoms in total. The molecule has 92 valence electrons. The van der Waals surface area contributed by atoms with Crippen LogP contribution in [0.15, 0.2) is 0 Å². The summed E-state index contributed by atoms with van der Waals surface area (Å²) in [5.41, 5.74) is 0.873. The van der Waals surface area contributed by atoms with Crippen LogP contribution in [0.2, 0.25) is 0 Å². The molecule has 0 atom stereocenters. The van der Waals surface area contributed by atoms with Crippen molar-refractivity contribution in [3.05, 3.63) is 10.6 Å². The normalized spacial score (nSPS) is 11.7. The van der Waals surface area contributed by atoms with Gasteiger partial charge in [-0.1, -0.05) is 0 Å². The van der Waals surface area contributed by atoms with E-state index in [1.54, 1.807) is 7.05 Å². The fourth-order valence-electron chi connectivity index (χ4n) is 1.14. The summed E-state index contributed by atoms with van der Waals surface area (Å²) in [5, 5.41) is 3.37. The third-order valence-corrected chi connectivity index (χ3v) is 4.56. The molecular formula is C9H17N3O2S2. The summed E-state index contributed by atoms with van der Waals surface area (Å²) in [6.07, 6.45) is 0.592. The molecule has 7 heteroatoms. The Hall–Kier alpha value is -0.660. The molecule has 1 rings (SSSR count). The lowest BCUT2D eigenvalue weighted by atomic mass is 10.4. The summed E-state index contributed by atoms with van der Waals surface area (Å²) in [6.45, 7) is 4.48. The first-order valence-corrected chi connectivity index (χ1v) is 7.50. The number of hydrogen-bond acceptors (Lipinski definition) is 5. The average Bonchev–Trinajstić information content (AvgIpc) is 2.44. The fraction of sp³-hybridized carbons (Fsp3) is 0.667. The molecule has 1 aromatic rings. The number of nitrogens with one attached hydrogen (secondary N) is 2. The van der Waals surface area contributed by atoms with Gasteiger partial charge in [0.1, 0.15) is 0 Å². The van der Waals surface area contributed by atoms with Gasteiger partial charge in [0.25, 0.3) is 0 Å². The van der Waals surface area contributed by atoms with Gasteiger partial charge < -0.3 is 5.32 Å². The van der Waals surface area contributed by atoms with Crippen molar-refractivity contribution in [1.82, 2.24) is 10.3 Å². The van der Waals surface area contributed by atoms with E-state index in [2.05, 4.69) is 15.0 Å². The van der Waals surface area contributed by atoms with Gasteiger partial charge in [-0.25, -0.2) is 13.4 Å². The van der Waals surface area contributed by atoms with E-state index in [0.717, 1.165) is 10.6 Å². The van der Waals surface area contributed by atoms with Crippen LogP contribution in [0.25, 0.3) is 0 Å². The van der Waals surface area contributed by atoms with Crippen molar-refractivity contribution in [2.75, 3.05) is 24.1 Å². The van der Waals surface area contributed by atoms with E-state index in [1.165, 1.54) is 11.3 Å². The first kappa shape index (κ1) is 13.4. The Kier molecular flexibility index (Phi) is 4.69. The van der Waals surface area contributed by atoms with Gasteiger partial charge in [0.15, 0.2) is 5.13 Å². The van der Waals surface area contributed by atoms with Crippen LogP contribution in [0.3, 0.4) is 0 Å². The van der Waals surface area contributed by atoms with Crippen LogP contribution in [0.1, 0.15) is 17.0 Å². The quantitative estimate of drug-likeness (QED) is 0.754. The van der Waals surface area contributed by atoms with Gasteiger partial charge in [-0.2, -0.15) is 0 Å². The van der Waals surface area contributed by atoms with E-state index in [0.29, 0.717) is 18.1 Å². The monoisotopic (exact) mass is 263 g/mol. The third kappa shape index (κ3) is 4.07. The Bertz CT molecular complexity index is 420. The first-order valence-electron chi connectivity index (χ1n) is 5.04. The smallest absolute Gasteiger partial charge is 0.234 e. The van der Waals surface area contributed by atoms with Gasteiger partial charge in [-0.15, -0.1) is 11.3 Å². The molecule has 0 unspecified atom stereocenters. The standard InChI is InChI=1S/C9H17N3O2S2/c1-7-8(2)15-9(11-7)12-16(13,14)6-4-5-10-3/h10H,4-6H2,1-3H3,(H,11,12). The Morgan fingerprint density at radius 2 is 2.06 bits per heavy atom. The largest absolute Gasteiger partial charge is 0.320 e. The van der Waals surface area contributed by atoms with Gasteiger partial charge >= 0.3 is 0 Å². The number of aromatic nitrogens is 1. The third-order valence-electron chi connectivity index (χ3n) is 2.11. The van der Waals surface area contributed by atoms with Crippen LogP contribution in [-0.2, 0) is 10.0 Å². The van der Waals surface area contributed by atoms with Crippen molar-refractivity contribution in [2.24, 2.45) is 0 Å². The van der Waals surface area contributed by atoms with Gasteiger partial charge in [-0.05, 0) is 33.9 Å². The van der Waals surface area contributed by atoms with Crippen molar-refractivity contribution in [2.45, 2.75) is 20.3 Å². The molecule has 0 aromatic carbocycles. The van der Waals surface area contributed by atoms with Crippen LogP contribution in [0.5, 0.6) is 0 Å². The Labute approximate surface area is 100 Å². The summed E-state index contributed by atoms with van der Waals surface area (Å²) >= 11 is 1.36. The molecule has 1 aromatic heterocycles. The molecule has 0 fully saturated rings. The van der Waals surface area contributed by atoms with Gasteiger partial charge in [0.2, 0.25) is 10.0 Å². The van der Waals surface area contributed by atoms with E-state index in [-0.39, 0.29) is 5.75 Å². The highest BCUT2D eigenvalue weighted by atomic mass is 32.2. The highest BCUT2D eigenvalue weighted by molar-refractivity contribution is 7.92. The Morgan fingerprint density at radius 3 is 2.56 bits per heavy atom. The number of nitrogens with zero attached hydrogens (tertiary/aromatic N) is 1. The lowest BCUT2D eigenvalue weighted by Gasteiger charge is -2.04. The molecule has 0 aliphatic heterocycles. The minimum atomic E-state index is -3.25. The molecule has 0 saturated heterocycles. The number of thiazole rings is 1. The highest BCUT2D eigenvalue weighted by Crippen LogP contribution is 2.22. The number of sulfonamides is 1. The van der Waals surface area contributed by atoms with E-state index in [1.807, 2.05) is 13.8 Å². The van der Waals surface area contributed by atoms with E-state index >= 15 is 0 Å². The molecule has 2 N–H and O–H groups in total. The van der Waals surface area contributed by atoms with Crippen molar-refractivity contribution < 1.29 is 8.42 Å². The molecular weight excluding hydrogens is 246 g/mol. The molecule has 1 heterocycles. The van der Waals surface area contributed by atoms with E-state index in [9.17, 15) is 8.42 Å². The minimum Gasteiger partial charge on any atom is -0.320 e. The molecule has 0 aliphatic rings. The lowest BCUT2D eigenvalue weighted by Crippen LogP contribution is -2.20. The summed E-state index contributed by atoms with van der Waals surface area (Å²) in [6, 6.07) is 0. The highest BCUT2D eigenvalue weighted by Gasteiger charge is 2.13. The Morgan fingerprint density at radius 1 is 1.38 bits per heavy atom. The molecule has 0 spiro atoms. The maximum Gasteiger partial charge on any atom is 0.234 e. The maximum absolute atomic E-state index is 11.6. The van der Waals surface area contributed by atoms with Gasteiger partial charge in [0, 0.05) is 4.88 Å². The second-order valence-corrected chi connectivity index (χ2v) is 6.58. The maximum atomic E-state index is 11.6. The number of aryl methyl sites for hydroxylation is 2. The number of anilines is 1. The zero-order valence-electron chi connectivity index (χ0n) is 9.70. The molecule has 16 heavy (non-hydrogen) atoms. The first-order chi connectivity index (χ1) is 7.44. The summed E-state index contributed by atoms with van der Waals surface area (Å²) in [4.78, 5) is 5.17. The molecule has 0 radical (unpaired) electrons. The van der Waals surface area contributed by atoms with Crippen molar-refractivity contribution in [1.29, 1.82) is 0 Å². The van der Waals surface area contributed by atoms with Crippen LogP contribution in [0.4, 0.5) is 5.13 Å². The minimum absolute atomic E-state index is 0.117. The second kappa shape index (κ2) is 5.60. The van der Waals surface area contributed by atoms with Crippen LogP contribution in [-0.4, -0.2) is 32.7 Å². The van der Waals surface area contributed by atoms with Crippen LogP contribution < -0.4 is 10.0 Å². The van der Waals surface area contributed by atoms with E-state index in [4.69, 9.17) is 0 Å². The van der Waals surface area contributed by atoms with Crippen LogP contribution in [0, 0.1) is 13.8 Å². The topological polar surface area (TPSA) is 71.1 Å². The zero-order chi connectivity index (χ0) is 12.2. The van der Waals surface area contributed by atoms with Crippen molar-refractivity contribution in [3.63, 3.8) is 0 Å². The molecule has 0 amide bonds.